The van der Waals surface area contributed by atoms with Gasteiger partial charge in [0.05, 0.1) is 5.02 Å². The van der Waals surface area contributed by atoms with Crippen LogP contribution in [0.3, 0.4) is 0 Å². The molecule has 1 atom stereocenters. The van der Waals surface area contributed by atoms with Gasteiger partial charge in [-0.1, -0.05) is 30.1 Å². The molecule has 0 saturated carbocycles. The van der Waals surface area contributed by atoms with E-state index >= 15 is 0 Å². The molecule has 1 aromatic heterocycles. The lowest BCUT2D eigenvalue weighted by molar-refractivity contribution is 0.342. The molecule has 5 nitrogen and oxygen atoms in total. The second kappa shape index (κ2) is 6.58. The lowest BCUT2D eigenvalue weighted by Crippen LogP contribution is -2.31. The van der Waals surface area contributed by atoms with Crippen LogP contribution >= 0.6 is 23.2 Å². The van der Waals surface area contributed by atoms with E-state index in [0.717, 1.165) is 26.1 Å². The van der Waals surface area contributed by atoms with Crippen LogP contribution in [0.4, 0.5) is 0 Å². The minimum atomic E-state index is -3.59. The quantitative estimate of drug-likeness (QED) is 0.835. The second-order valence-corrected chi connectivity index (χ2v) is 7.38. The predicted molar refractivity (Wildman–Crippen MR) is 79.7 cm³/mol. The van der Waals surface area contributed by atoms with Crippen LogP contribution in [0.2, 0.25) is 10.2 Å². The third-order valence-corrected chi connectivity index (χ3v) is 5.54. The van der Waals surface area contributed by atoms with E-state index in [1.165, 1.54) is 12.3 Å². The Bertz CT molecular complexity index is 580. The number of aromatic nitrogens is 1. The van der Waals surface area contributed by atoms with Crippen molar-refractivity contribution in [1.82, 2.24) is 14.6 Å². The van der Waals surface area contributed by atoms with Crippen molar-refractivity contribution < 1.29 is 8.42 Å². The third kappa shape index (κ3) is 3.83. The van der Waals surface area contributed by atoms with Gasteiger partial charge in [-0.3, -0.25) is 0 Å². The highest BCUT2D eigenvalue weighted by molar-refractivity contribution is 7.89. The molecule has 1 aromatic rings. The average molecular weight is 338 g/mol. The Labute approximate surface area is 129 Å². The number of halogens is 2. The van der Waals surface area contributed by atoms with E-state index in [4.69, 9.17) is 23.2 Å². The Morgan fingerprint density at radius 2 is 2.25 bits per heavy atom. The van der Waals surface area contributed by atoms with Gasteiger partial charge < -0.3 is 4.90 Å². The van der Waals surface area contributed by atoms with E-state index in [2.05, 4.69) is 21.5 Å². The molecule has 1 aliphatic heterocycles. The Balaban J connectivity index is 1.99. The Hall–Kier alpha value is -0.400. The summed E-state index contributed by atoms with van der Waals surface area (Å²) in [6.45, 7) is 5.49. The van der Waals surface area contributed by atoms with Crippen molar-refractivity contribution in [3.63, 3.8) is 0 Å². The molecule has 1 unspecified atom stereocenters. The molecule has 1 N–H and O–H groups in total. The summed E-state index contributed by atoms with van der Waals surface area (Å²) in [7, 11) is -3.59. The molecule has 1 fully saturated rings. The number of pyridine rings is 1. The largest absolute Gasteiger partial charge is 0.303 e. The van der Waals surface area contributed by atoms with Crippen LogP contribution in [0.1, 0.15) is 13.3 Å². The van der Waals surface area contributed by atoms with Crippen LogP contribution in [0.5, 0.6) is 0 Å². The van der Waals surface area contributed by atoms with Gasteiger partial charge in [0.1, 0.15) is 10.0 Å². The molecule has 2 heterocycles. The van der Waals surface area contributed by atoms with Gasteiger partial charge in [-0.2, -0.15) is 0 Å². The van der Waals surface area contributed by atoms with E-state index in [1.807, 2.05) is 0 Å². The van der Waals surface area contributed by atoms with Crippen LogP contribution in [-0.2, 0) is 10.0 Å². The van der Waals surface area contributed by atoms with E-state index in [-0.39, 0.29) is 15.1 Å². The summed E-state index contributed by atoms with van der Waals surface area (Å²) in [5.41, 5.74) is 0. The van der Waals surface area contributed by atoms with Gasteiger partial charge in [0.15, 0.2) is 0 Å². The summed E-state index contributed by atoms with van der Waals surface area (Å²) in [6, 6.07) is 1.31. The van der Waals surface area contributed by atoms with Gasteiger partial charge in [0.25, 0.3) is 0 Å². The maximum atomic E-state index is 12.1. The molecule has 0 bridgehead atoms. The SMILES string of the molecule is CCN1CCC(CNS(=O)(=O)c2cnc(Cl)c(Cl)c2)C1. The molecular formula is C12H17Cl2N3O2S. The zero-order valence-electron chi connectivity index (χ0n) is 11.1. The van der Waals surface area contributed by atoms with Gasteiger partial charge >= 0.3 is 0 Å². The molecule has 2 rings (SSSR count). The predicted octanol–water partition coefficient (Wildman–Crippen LogP) is 2.01. The van der Waals surface area contributed by atoms with Crippen LogP contribution in [0.25, 0.3) is 0 Å². The zero-order chi connectivity index (χ0) is 14.8. The zero-order valence-corrected chi connectivity index (χ0v) is 13.5. The standard InChI is InChI=1S/C12H17Cl2N3O2S/c1-2-17-4-3-9(8-17)6-16-20(18,19)10-5-11(13)12(14)15-7-10/h5,7,9,16H,2-4,6,8H2,1H3. The number of rotatable bonds is 5. The van der Waals surface area contributed by atoms with Crippen molar-refractivity contribution in [2.75, 3.05) is 26.2 Å². The Morgan fingerprint density at radius 3 is 2.85 bits per heavy atom. The fraction of sp³-hybridized carbons (Fsp3) is 0.583. The molecule has 1 saturated heterocycles. The van der Waals surface area contributed by atoms with Gasteiger partial charge in [-0.05, 0) is 31.5 Å². The highest BCUT2D eigenvalue weighted by Crippen LogP contribution is 2.22. The van der Waals surface area contributed by atoms with Crippen LogP contribution < -0.4 is 4.72 Å². The number of hydrogen-bond acceptors (Lipinski definition) is 4. The molecule has 0 aromatic carbocycles. The first-order valence-corrected chi connectivity index (χ1v) is 8.69. The minimum Gasteiger partial charge on any atom is -0.303 e. The average Bonchev–Trinajstić information content (AvgIpc) is 2.87. The second-order valence-electron chi connectivity index (χ2n) is 4.84. The van der Waals surface area contributed by atoms with Crippen LogP contribution in [-0.4, -0.2) is 44.5 Å². The topological polar surface area (TPSA) is 62.3 Å². The van der Waals surface area contributed by atoms with Crippen LogP contribution in [0.15, 0.2) is 17.2 Å². The van der Waals surface area contributed by atoms with Gasteiger partial charge in [-0.25, -0.2) is 18.1 Å². The summed E-state index contributed by atoms with van der Waals surface area (Å²) in [6.07, 6.45) is 2.22. The normalized spacial score (nSPS) is 20.4. The summed E-state index contributed by atoms with van der Waals surface area (Å²) < 4.78 is 26.9. The number of likely N-dealkylation sites (tertiary alicyclic amines) is 1. The number of sulfonamides is 1. The van der Waals surface area contributed by atoms with Crippen molar-refractivity contribution >= 4 is 33.2 Å². The van der Waals surface area contributed by atoms with Crippen molar-refractivity contribution in [2.45, 2.75) is 18.2 Å². The van der Waals surface area contributed by atoms with Crippen molar-refractivity contribution in [1.29, 1.82) is 0 Å². The van der Waals surface area contributed by atoms with Gasteiger partial charge in [0, 0.05) is 19.3 Å². The van der Waals surface area contributed by atoms with E-state index < -0.39 is 10.0 Å². The third-order valence-electron chi connectivity index (χ3n) is 3.46. The van der Waals surface area contributed by atoms with E-state index in [0.29, 0.717) is 12.5 Å². The number of nitrogens with zero attached hydrogens (tertiary/aromatic N) is 2. The van der Waals surface area contributed by atoms with Crippen molar-refractivity contribution in [3.8, 4) is 0 Å². The first-order chi connectivity index (χ1) is 9.42. The molecule has 112 valence electrons. The molecule has 0 amide bonds. The molecular weight excluding hydrogens is 321 g/mol. The minimum absolute atomic E-state index is 0.0391. The molecule has 1 aliphatic rings. The lowest BCUT2D eigenvalue weighted by Gasteiger charge is -2.14. The molecule has 0 spiro atoms. The molecule has 0 radical (unpaired) electrons. The number of hydrogen-bond donors (Lipinski definition) is 1. The number of nitrogens with one attached hydrogen (secondary N) is 1. The molecule has 0 aliphatic carbocycles. The first kappa shape index (κ1) is 16.0. The smallest absolute Gasteiger partial charge is 0.242 e. The van der Waals surface area contributed by atoms with Crippen molar-refractivity contribution in [2.24, 2.45) is 5.92 Å². The maximum absolute atomic E-state index is 12.1. The lowest BCUT2D eigenvalue weighted by atomic mass is 10.1. The summed E-state index contributed by atoms with van der Waals surface area (Å²) >= 11 is 11.5. The first-order valence-electron chi connectivity index (χ1n) is 6.45. The summed E-state index contributed by atoms with van der Waals surface area (Å²) in [4.78, 5) is 6.10. The van der Waals surface area contributed by atoms with Gasteiger partial charge in [0.2, 0.25) is 10.0 Å². The van der Waals surface area contributed by atoms with Gasteiger partial charge in [-0.15, -0.1) is 0 Å². The highest BCUT2D eigenvalue weighted by atomic mass is 35.5. The van der Waals surface area contributed by atoms with E-state index in [1.54, 1.807) is 0 Å². The van der Waals surface area contributed by atoms with Crippen molar-refractivity contribution in [3.05, 3.63) is 22.4 Å². The summed E-state index contributed by atoms with van der Waals surface area (Å²) in [5.74, 6) is 0.348. The summed E-state index contributed by atoms with van der Waals surface area (Å²) in [5, 5.41) is 0.229. The molecule has 8 heteroatoms. The highest BCUT2D eigenvalue weighted by Gasteiger charge is 2.24. The maximum Gasteiger partial charge on any atom is 0.242 e. The monoisotopic (exact) mass is 337 g/mol. The fourth-order valence-electron chi connectivity index (χ4n) is 2.23. The Morgan fingerprint density at radius 1 is 1.50 bits per heavy atom. The molecule has 20 heavy (non-hydrogen) atoms. The van der Waals surface area contributed by atoms with Crippen LogP contribution in [0, 0.1) is 5.92 Å². The fourth-order valence-corrected chi connectivity index (χ4v) is 3.65. The van der Waals surface area contributed by atoms with E-state index in [9.17, 15) is 8.42 Å². The Kier molecular flexibility index (Phi) is 5.25.